The first-order chi connectivity index (χ1) is 9.69. The van der Waals surface area contributed by atoms with Crippen LogP contribution < -0.4 is 5.32 Å². The fraction of sp³-hybridized carbons (Fsp3) is 0.533. The monoisotopic (exact) mass is 309 g/mol. The van der Waals surface area contributed by atoms with Gasteiger partial charge in [-0.15, -0.1) is 11.3 Å². The molecule has 0 bridgehead atoms. The van der Waals surface area contributed by atoms with Crippen molar-refractivity contribution in [3.8, 4) is 11.8 Å². The van der Waals surface area contributed by atoms with Crippen molar-refractivity contribution in [3.05, 3.63) is 21.9 Å². The van der Waals surface area contributed by atoms with Gasteiger partial charge in [-0.2, -0.15) is 11.8 Å². The molecular weight excluding hydrogens is 290 g/mol. The van der Waals surface area contributed by atoms with Gasteiger partial charge in [0.1, 0.15) is 6.61 Å². The first kappa shape index (κ1) is 15.4. The van der Waals surface area contributed by atoms with E-state index in [9.17, 15) is 4.79 Å². The summed E-state index contributed by atoms with van der Waals surface area (Å²) in [5.41, 5.74) is 0. The number of carbonyl (C=O) groups is 1. The minimum Gasteiger partial charge on any atom is -0.384 e. The Bertz CT molecular complexity index is 521. The predicted molar refractivity (Wildman–Crippen MR) is 85.3 cm³/mol. The maximum Gasteiger partial charge on any atom is 0.261 e. The maximum absolute atomic E-state index is 12.1. The van der Waals surface area contributed by atoms with Gasteiger partial charge in [-0.3, -0.25) is 4.79 Å². The van der Waals surface area contributed by atoms with E-state index in [1.54, 1.807) is 6.07 Å². The maximum atomic E-state index is 12.1. The fourth-order valence-corrected chi connectivity index (χ4v) is 4.17. The average molecular weight is 309 g/mol. The van der Waals surface area contributed by atoms with Crippen molar-refractivity contribution in [2.75, 3.05) is 19.4 Å². The van der Waals surface area contributed by atoms with E-state index in [1.807, 2.05) is 17.8 Å². The SMILES string of the molecule is CSC1(CNC(=O)c2ccc(C#CCO)s2)CCCC1. The van der Waals surface area contributed by atoms with Gasteiger partial charge in [0.2, 0.25) is 0 Å². The Balaban J connectivity index is 1.93. The van der Waals surface area contributed by atoms with Crippen molar-refractivity contribution >= 4 is 29.0 Å². The van der Waals surface area contributed by atoms with Crippen LogP contribution in [0, 0.1) is 11.8 Å². The third kappa shape index (κ3) is 3.78. The van der Waals surface area contributed by atoms with Gasteiger partial charge in [-0.05, 0) is 31.2 Å². The van der Waals surface area contributed by atoms with Gasteiger partial charge in [0.05, 0.1) is 9.75 Å². The van der Waals surface area contributed by atoms with Crippen molar-refractivity contribution in [3.63, 3.8) is 0 Å². The lowest BCUT2D eigenvalue weighted by molar-refractivity contribution is 0.0953. The van der Waals surface area contributed by atoms with Crippen molar-refractivity contribution in [1.29, 1.82) is 0 Å². The molecule has 1 aromatic rings. The van der Waals surface area contributed by atoms with E-state index in [-0.39, 0.29) is 17.3 Å². The zero-order valence-corrected chi connectivity index (χ0v) is 13.2. The molecule has 0 atom stereocenters. The number of hydrogen-bond acceptors (Lipinski definition) is 4. The number of hydrogen-bond donors (Lipinski definition) is 2. The fourth-order valence-electron chi connectivity index (χ4n) is 2.45. The van der Waals surface area contributed by atoms with Crippen molar-refractivity contribution in [2.24, 2.45) is 0 Å². The van der Waals surface area contributed by atoms with Crippen LogP contribution in [0.2, 0.25) is 0 Å². The second-order valence-corrected chi connectivity index (χ2v) is 7.26. The molecule has 2 rings (SSSR count). The van der Waals surface area contributed by atoms with Gasteiger partial charge in [0.25, 0.3) is 5.91 Å². The second-order valence-electron chi connectivity index (χ2n) is 4.90. The van der Waals surface area contributed by atoms with Crippen LogP contribution >= 0.6 is 23.1 Å². The van der Waals surface area contributed by atoms with Gasteiger partial charge in [0.15, 0.2) is 0 Å². The molecule has 1 amide bonds. The Morgan fingerprint density at radius 3 is 2.90 bits per heavy atom. The molecule has 2 N–H and O–H groups in total. The number of aliphatic hydroxyl groups excluding tert-OH is 1. The third-order valence-corrected chi connectivity index (χ3v) is 6.06. The summed E-state index contributed by atoms with van der Waals surface area (Å²) in [6.45, 7) is 0.582. The molecule has 5 heteroatoms. The third-order valence-electron chi connectivity index (χ3n) is 3.64. The molecule has 20 heavy (non-hydrogen) atoms. The number of amides is 1. The molecule has 0 aliphatic heterocycles. The molecule has 108 valence electrons. The number of rotatable bonds is 4. The Hall–Kier alpha value is -0.960. The highest BCUT2D eigenvalue weighted by Crippen LogP contribution is 2.39. The molecule has 1 aliphatic carbocycles. The Morgan fingerprint density at radius 2 is 2.25 bits per heavy atom. The summed E-state index contributed by atoms with van der Waals surface area (Å²) in [4.78, 5) is 13.6. The molecule has 3 nitrogen and oxygen atoms in total. The summed E-state index contributed by atoms with van der Waals surface area (Å²) in [5.74, 6) is 5.39. The topological polar surface area (TPSA) is 49.3 Å². The Morgan fingerprint density at radius 1 is 1.50 bits per heavy atom. The van der Waals surface area contributed by atoms with E-state index < -0.39 is 0 Å². The highest BCUT2D eigenvalue weighted by Gasteiger charge is 2.33. The number of carbonyl (C=O) groups excluding carboxylic acids is 1. The lowest BCUT2D eigenvalue weighted by Gasteiger charge is -2.26. The standard InChI is InChI=1S/C15H19NO2S2/c1-19-15(8-2-3-9-15)11-16-14(18)13-7-6-12(20-13)5-4-10-17/h6-7,17H,2-3,8-11H2,1H3,(H,16,18). The molecule has 0 radical (unpaired) electrons. The summed E-state index contributed by atoms with van der Waals surface area (Å²) < 4.78 is 0.229. The minimum absolute atomic E-state index is 0.0210. The molecule has 0 unspecified atom stereocenters. The number of aliphatic hydroxyl groups is 1. The van der Waals surface area contributed by atoms with E-state index in [2.05, 4.69) is 23.4 Å². The highest BCUT2D eigenvalue weighted by atomic mass is 32.2. The molecule has 1 saturated carbocycles. The van der Waals surface area contributed by atoms with E-state index >= 15 is 0 Å². The Kier molecular flexibility index (Phi) is 5.53. The molecule has 0 saturated heterocycles. The summed E-state index contributed by atoms with van der Waals surface area (Å²) in [6, 6.07) is 3.62. The van der Waals surface area contributed by atoms with Crippen molar-refractivity contribution in [1.82, 2.24) is 5.32 Å². The molecule has 0 aromatic carbocycles. The summed E-state index contributed by atoms with van der Waals surface area (Å²) >= 11 is 3.24. The summed E-state index contributed by atoms with van der Waals surface area (Å²) in [5, 5.41) is 11.7. The normalized spacial score (nSPS) is 16.5. The van der Waals surface area contributed by atoms with Crippen LogP contribution in [0.5, 0.6) is 0 Å². The van der Waals surface area contributed by atoms with Crippen LogP contribution in [0.3, 0.4) is 0 Å². The van der Waals surface area contributed by atoms with Crippen molar-refractivity contribution in [2.45, 2.75) is 30.4 Å². The van der Waals surface area contributed by atoms with Crippen LogP contribution in [-0.2, 0) is 0 Å². The minimum atomic E-state index is -0.157. The van der Waals surface area contributed by atoms with Gasteiger partial charge in [0, 0.05) is 11.3 Å². The summed E-state index contributed by atoms with van der Waals surface area (Å²) in [6.07, 6.45) is 7.02. The summed E-state index contributed by atoms with van der Waals surface area (Å²) in [7, 11) is 0. The highest BCUT2D eigenvalue weighted by molar-refractivity contribution is 8.00. The molecule has 1 heterocycles. The van der Waals surface area contributed by atoms with Gasteiger partial charge < -0.3 is 10.4 Å². The molecule has 1 aliphatic rings. The smallest absolute Gasteiger partial charge is 0.261 e. The number of nitrogens with one attached hydrogen (secondary N) is 1. The molecule has 0 spiro atoms. The van der Waals surface area contributed by atoms with E-state index in [1.165, 1.54) is 37.0 Å². The zero-order valence-electron chi connectivity index (χ0n) is 11.6. The van der Waals surface area contributed by atoms with Gasteiger partial charge in [-0.25, -0.2) is 0 Å². The van der Waals surface area contributed by atoms with E-state index in [4.69, 9.17) is 5.11 Å². The number of thioether (sulfide) groups is 1. The zero-order chi connectivity index (χ0) is 14.4. The van der Waals surface area contributed by atoms with Gasteiger partial charge in [-0.1, -0.05) is 24.7 Å². The van der Waals surface area contributed by atoms with Crippen LogP contribution in [0.1, 0.15) is 40.2 Å². The van der Waals surface area contributed by atoms with Crippen LogP contribution in [0.15, 0.2) is 12.1 Å². The van der Waals surface area contributed by atoms with Gasteiger partial charge >= 0.3 is 0 Å². The first-order valence-corrected chi connectivity index (χ1v) is 8.76. The van der Waals surface area contributed by atoms with E-state index in [0.29, 0.717) is 4.88 Å². The largest absolute Gasteiger partial charge is 0.384 e. The average Bonchev–Trinajstić information content (AvgIpc) is 3.12. The Labute approximate surface area is 128 Å². The second kappa shape index (κ2) is 7.16. The van der Waals surface area contributed by atoms with Crippen LogP contribution in [0.25, 0.3) is 0 Å². The lowest BCUT2D eigenvalue weighted by atomic mass is 10.1. The predicted octanol–water partition coefficient (Wildman–Crippen LogP) is 2.50. The van der Waals surface area contributed by atoms with Crippen LogP contribution in [0.4, 0.5) is 0 Å². The number of thiophene rings is 1. The lowest BCUT2D eigenvalue weighted by Crippen LogP contribution is -2.38. The molecule has 1 fully saturated rings. The van der Waals surface area contributed by atoms with Crippen molar-refractivity contribution < 1.29 is 9.90 Å². The first-order valence-electron chi connectivity index (χ1n) is 6.72. The van der Waals surface area contributed by atoms with Crippen LogP contribution in [-0.4, -0.2) is 35.2 Å². The molecular formula is C15H19NO2S2. The quantitative estimate of drug-likeness (QED) is 0.840. The van der Waals surface area contributed by atoms with E-state index in [0.717, 1.165) is 11.4 Å². The molecule has 1 aromatic heterocycles.